The van der Waals surface area contributed by atoms with E-state index in [9.17, 15) is 4.79 Å². The molecule has 20 heavy (non-hydrogen) atoms. The van der Waals surface area contributed by atoms with Gasteiger partial charge in [-0.15, -0.1) is 0 Å². The van der Waals surface area contributed by atoms with E-state index in [0.717, 1.165) is 51.0 Å². The molecule has 3 rings (SSSR count). The smallest absolute Gasteiger partial charge is 0.160 e. The minimum absolute atomic E-state index is 0.363. The number of allylic oxidation sites excluding steroid dienone is 1. The highest BCUT2D eigenvalue weighted by Gasteiger charge is 2.19. The fourth-order valence-corrected chi connectivity index (χ4v) is 3.01. The number of carbonyl (C=O) groups excluding carboxylic acids is 1. The maximum atomic E-state index is 11.8. The minimum Gasteiger partial charge on any atom is -0.373 e. The number of anilines is 1. The Balaban J connectivity index is 1.59. The van der Waals surface area contributed by atoms with Gasteiger partial charge in [-0.3, -0.25) is 4.79 Å². The number of nitrogens with zero attached hydrogens (tertiary/aromatic N) is 2. The molecule has 1 heterocycles. The van der Waals surface area contributed by atoms with Crippen LogP contribution < -0.4 is 4.90 Å². The Bertz CT molecular complexity index is 487. The van der Waals surface area contributed by atoms with Crippen LogP contribution in [0.5, 0.6) is 0 Å². The summed E-state index contributed by atoms with van der Waals surface area (Å²) in [4.78, 5) is 16.6. The van der Waals surface area contributed by atoms with Crippen molar-refractivity contribution in [2.24, 2.45) is 0 Å². The van der Waals surface area contributed by atoms with Gasteiger partial charge >= 0.3 is 0 Å². The molecule has 1 saturated carbocycles. The number of piperazine rings is 1. The summed E-state index contributed by atoms with van der Waals surface area (Å²) in [5.41, 5.74) is 2.35. The summed E-state index contributed by atoms with van der Waals surface area (Å²) in [5, 5.41) is 0. The molecule has 0 atom stereocenters. The van der Waals surface area contributed by atoms with Gasteiger partial charge in [0.05, 0.1) is 0 Å². The van der Waals surface area contributed by atoms with Crippen molar-refractivity contribution in [3.8, 4) is 0 Å². The van der Waals surface area contributed by atoms with E-state index < -0.39 is 0 Å². The lowest BCUT2D eigenvalue weighted by Gasteiger charge is -2.36. The van der Waals surface area contributed by atoms with Gasteiger partial charge in [-0.25, -0.2) is 0 Å². The largest absolute Gasteiger partial charge is 0.373 e. The van der Waals surface area contributed by atoms with Crippen molar-refractivity contribution in [2.75, 3.05) is 31.1 Å². The number of hydrogen-bond acceptors (Lipinski definition) is 3. The van der Waals surface area contributed by atoms with Gasteiger partial charge in [-0.05, 0) is 31.4 Å². The molecule has 0 N–H and O–H groups in total. The SMILES string of the molecule is O=C1CCCCC1=CN1CCN(c2ccccc2)CC1. The average molecular weight is 270 g/mol. The Morgan fingerprint density at radius 3 is 2.30 bits per heavy atom. The second-order valence-electron chi connectivity index (χ2n) is 5.64. The van der Waals surface area contributed by atoms with Crippen LogP contribution in [0.2, 0.25) is 0 Å². The molecule has 2 aliphatic rings. The predicted octanol–water partition coefficient (Wildman–Crippen LogP) is 2.84. The first-order chi connectivity index (χ1) is 9.83. The molecule has 106 valence electrons. The topological polar surface area (TPSA) is 23.6 Å². The van der Waals surface area contributed by atoms with Crippen molar-refractivity contribution in [3.63, 3.8) is 0 Å². The highest BCUT2D eigenvalue weighted by atomic mass is 16.1. The van der Waals surface area contributed by atoms with Gasteiger partial charge in [0.2, 0.25) is 0 Å². The molecule has 0 radical (unpaired) electrons. The maximum Gasteiger partial charge on any atom is 0.160 e. The average Bonchev–Trinajstić information content (AvgIpc) is 2.51. The van der Waals surface area contributed by atoms with E-state index in [1.807, 2.05) is 0 Å². The van der Waals surface area contributed by atoms with Gasteiger partial charge in [-0.2, -0.15) is 0 Å². The number of para-hydroxylation sites is 1. The summed E-state index contributed by atoms with van der Waals surface area (Å²) < 4.78 is 0. The number of rotatable bonds is 2. The molecule has 1 aromatic rings. The van der Waals surface area contributed by atoms with E-state index in [4.69, 9.17) is 0 Å². The fourth-order valence-electron chi connectivity index (χ4n) is 3.01. The monoisotopic (exact) mass is 270 g/mol. The summed E-state index contributed by atoms with van der Waals surface area (Å²) in [5.74, 6) is 0.363. The van der Waals surface area contributed by atoms with Crippen molar-refractivity contribution in [1.82, 2.24) is 4.90 Å². The van der Waals surface area contributed by atoms with Crippen LogP contribution in [0.1, 0.15) is 25.7 Å². The predicted molar refractivity (Wildman–Crippen MR) is 81.8 cm³/mol. The van der Waals surface area contributed by atoms with Crippen LogP contribution in [0.15, 0.2) is 42.1 Å². The zero-order valence-electron chi connectivity index (χ0n) is 11.9. The number of ketones is 1. The molecule has 1 saturated heterocycles. The lowest BCUT2D eigenvalue weighted by atomic mass is 9.94. The highest BCUT2D eigenvalue weighted by Crippen LogP contribution is 2.21. The van der Waals surface area contributed by atoms with Gasteiger partial charge < -0.3 is 9.80 Å². The van der Waals surface area contributed by atoms with Crippen LogP contribution in [0.4, 0.5) is 5.69 Å². The zero-order valence-corrected chi connectivity index (χ0v) is 11.9. The molecule has 0 spiro atoms. The Morgan fingerprint density at radius 1 is 0.900 bits per heavy atom. The lowest BCUT2D eigenvalue weighted by Crippen LogP contribution is -2.44. The number of hydrogen-bond donors (Lipinski definition) is 0. The van der Waals surface area contributed by atoms with Crippen LogP contribution >= 0.6 is 0 Å². The summed E-state index contributed by atoms with van der Waals surface area (Å²) in [6.07, 6.45) is 6.08. The van der Waals surface area contributed by atoms with E-state index >= 15 is 0 Å². The van der Waals surface area contributed by atoms with E-state index in [-0.39, 0.29) is 0 Å². The summed E-state index contributed by atoms with van der Waals surface area (Å²) in [7, 11) is 0. The van der Waals surface area contributed by atoms with Crippen LogP contribution in [0.3, 0.4) is 0 Å². The molecule has 0 unspecified atom stereocenters. The molecule has 3 nitrogen and oxygen atoms in total. The minimum atomic E-state index is 0.363. The van der Waals surface area contributed by atoms with Crippen LogP contribution in [0.25, 0.3) is 0 Å². The van der Waals surface area contributed by atoms with Crippen molar-refractivity contribution >= 4 is 11.5 Å². The zero-order chi connectivity index (χ0) is 13.8. The summed E-state index contributed by atoms with van der Waals surface area (Å²) >= 11 is 0. The molecule has 0 bridgehead atoms. The van der Waals surface area contributed by atoms with Crippen molar-refractivity contribution < 1.29 is 4.79 Å². The molecular weight excluding hydrogens is 248 g/mol. The highest BCUT2D eigenvalue weighted by molar-refractivity contribution is 5.95. The van der Waals surface area contributed by atoms with E-state index in [0.29, 0.717) is 5.78 Å². The number of Topliss-reactive ketones (excluding diaryl/α,β-unsaturated/α-hetero) is 1. The van der Waals surface area contributed by atoms with Crippen molar-refractivity contribution in [2.45, 2.75) is 25.7 Å². The Morgan fingerprint density at radius 2 is 1.60 bits per heavy atom. The van der Waals surface area contributed by atoms with Gasteiger partial charge in [0.1, 0.15) is 0 Å². The first kappa shape index (κ1) is 13.2. The van der Waals surface area contributed by atoms with Gasteiger partial charge in [-0.1, -0.05) is 18.2 Å². The van der Waals surface area contributed by atoms with Crippen molar-refractivity contribution in [3.05, 3.63) is 42.1 Å². The summed E-state index contributed by atoms with van der Waals surface area (Å²) in [6, 6.07) is 10.6. The molecule has 1 aliphatic heterocycles. The standard InChI is InChI=1S/C17H22N2O/c20-17-9-5-4-6-15(17)14-18-10-12-19(13-11-18)16-7-2-1-3-8-16/h1-3,7-8,14H,4-6,9-13H2. The first-order valence-corrected chi connectivity index (χ1v) is 7.61. The first-order valence-electron chi connectivity index (χ1n) is 7.61. The summed E-state index contributed by atoms with van der Waals surface area (Å²) in [6.45, 7) is 4.07. The normalized spacial score (nSPS) is 22.4. The molecular formula is C17H22N2O. The molecule has 1 aromatic carbocycles. The third kappa shape index (κ3) is 3.03. The van der Waals surface area contributed by atoms with E-state index in [1.165, 1.54) is 12.1 Å². The molecule has 0 aromatic heterocycles. The molecule has 2 fully saturated rings. The maximum absolute atomic E-state index is 11.8. The van der Waals surface area contributed by atoms with Crippen LogP contribution in [-0.2, 0) is 4.79 Å². The Labute approximate surface area is 120 Å². The Hall–Kier alpha value is -1.77. The fraction of sp³-hybridized carbons (Fsp3) is 0.471. The van der Waals surface area contributed by atoms with Gasteiger partial charge in [0, 0.05) is 50.1 Å². The third-order valence-corrected chi connectivity index (χ3v) is 4.23. The molecule has 1 aliphatic carbocycles. The van der Waals surface area contributed by atoms with E-state index in [2.05, 4.69) is 46.3 Å². The number of carbonyl (C=O) groups is 1. The second-order valence-corrected chi connectivity index (χ2v) is 5.64. The Kier molecular flexibility index (Phi) is 4.05. The van der Waals surface area contributed by atoms with Crippen molar-refractivity contribution in [1.29, 1.82) is 0 Å². The second kappa shape index (κ2) is 6.12. The van der Waals surface area contributed by atoms with Crippen LogP contribution in [-0.4, -0.2) is 36.9 Å². The van der Waals surface area contributed by atoms with Gasteiger partial charge in [0.25, 0.3) is 0 Å². The number of benzene rings is 1. The molecule has 3 heteroatoms. The molecule has 0 amide bonds. The van der Waals surface area contributed by atoms with Crippen LogP contribution in [0, 0.1) is 0 Å². The lowest BCUT2D eigenvalue weighted by molar-refractivity contribution is -0.116. The third-order valence-electron chi connectivity index (χ3n) is 4.23. The van der Waals surface area contributed by atoms with Gasteiger partial charge in [0.15, 0.2) is 5.78 Å². The van der Waals surface area contributed by atoms with E-state index in [1.54, 1.807) is 0 Å². The quantitative estimate of drug-likeness (QED) is 0.772.